The van der Waals surface area contributed by atoms with Crippen molar-refractivity contribution >= 4 is 27.3 Å². The summed E-state index contributed by atoms with van der Waals surface area (Å²) in [4.78, 5) is 13.7. The van der Waals surface area contributed by atoms with Crippen molar-refractivity contribution in [2.24, 2.45) is 0 Å². The zero-order valence-electron chi connectivity index (χ0n) is 16.0. The Kier molecular flexibility index (Phi) is 7.23. The highest BCUT2D eigenvalue weighted by Crippen LogP contribution is 2.18. The van der Waals surface area contributed by atoms with Crippen molar-refractivity contribution in [3.8, 4) is 0 Å². The van der Waals surface area contributed by atoms with Crippen molar-refractivity contribution in [2.75, 3.05) is 26.3 Å². The lowest BCUT2D eigenvalue weighted by Gasteiger charge is -2.26. The normalized spacial score (nSPS) is 16.6. The molecule has 0 spiro atoms. The molecule has 0 bridgehead atoms. The minimum absolute atomic E-state index is 0.00840. The Labute approximate surface area is 170 Å². The van der Waals surface area contributed by atoms with E-state index in [0.29, 0.717) is 39.1 Å². The van der Waals surface area contributed by atoms with E-state index in [4.69, 9.17) is 4.74 Å². The standard InChI is InChI=1S/C20H26N2O4S2/c1-16(15-18-3-2-14-27-18)21-20(23)9-6-17-4-7-19(8-5-17)28(24,25)22-10-12-26-13-11-22/h2-5,7-8,14,16H,6,9-13,15H2,1H3,(H,21,23). The van der Waals surface area contributed by atoms with E-state index in [1.165, 1.54) is 9.18 Å². The molecule has 8 heteroatoms. The Balaban J connectivity index is 1.49. The maximum atomic E-state index is 12.6. The molecule has 1 aromatic carbocycles. The molecule has 6 nitrogen and oxygen atoms in total. The van der Waals surface area contributed by atoms with Crippen LogP contribution in [0.1, 0.15) is 23.8 Å². The smallest absolute Gasteiger partial charge is 0.243 e. The number of aryl methyl sites for hydroxylation is 1. The summed E-state index contributed by atoms with van der Waals surface area (Å²) in [5.74, 6) is 0.00840. The van der Waals surface area contributed by atoms with Crippen LogP contribution in [0.2, 0.25) is 0 Å². The number of hydrogen-bond acceptors (Lipinski definition) is 5. The van der Waals surface area contributed by atoms with Gasteiger partial charge in [0.1, 0.15) is 0 Å². The van der Waals surface area contributed by atoms with E-state index < -0.39 is 10.0 Å². The molecule has 1 aromatic heterocycles. The van der Waals surface area contributed by atoms with Gasteiger partial charge in [0.15, 0.2) is 0 Å². The van der Waals surface area contributed by atoms with E-state index in [2.05, 4.69) is 11.4 Å². The molecule has 1 fully saturated rings. The molecule has 152 valence electrons. The molecule has 1 amide bonds. The van der Waals surface area contributed by atoms with Crippen LogP contribution >= 0.6 is 11.3 Å². The van der Waals surface area contributed by atoms with Crippen LogP contribution in [0.3, 0.4) is 0 Å². The average Bonchev–Trinajstić information content (AvgIpc) is 3.20. The van der Waals surface area contributed by atoms with Crippen LogP contribution in [0.4, 0.5) is 0 Å². The fourth-order valence-electron chi connectivity index (χ4n) is 3.15. The van der Waals surface area contributed by atoms with Gasteiger partial charge in [-0.2, -0.15) is 4.31 Å². The summed E-state index contributed by atoms with van der Waals surface area (Å²) < 4.78 is 31.9. The average molecular weight is 423 g/mol. The molecule has 1 aliphatic rings. The molecule has 1 N–H and O–H groups in total. The number of ether oxygens (including phenoxy) is 1. The fourth-order valence-corrected chi connectivity index (χ4v) is 5.39. The third kappa shape index (κ3) is 5.64. The fraction of sp³-hybridized carbons (Fsp3) is 0.450. The first-order valence-electron chi connectivity index (χ1n) is 9.44. The zero-order chi connectivity index (χ0) is 20.0. The second-order valence-corrected chi connectivity index (χ2v) is 9.88. The van der Waals surface area contributed by atoms with Gasteiger partial charge in [-0.3, -0.25) is 4.79 Å². The van der Waals surface area contributed by atoms with E-state index in [1.807, 2.05) is 18.4 Å². The van der Waals surface area contributed by atoms with Gasteiger partial charge >= 0.3 is 0 Å². The van der Waals surface area contributed by atoms with E-state index >= 15 is 0 Å². The van der Waals surface area contributed by atoms with Gasteiger partial charge in [0, 0.05) is 36.9 Å². The summed E-state index contributed by atoms with van der Waals surface area (Å²) in [6.07, 6.45) is 1.79. The molecular weight excluding hydrogens is 396 g/mol. The van der Waals surface area contributed by atoms with E-state index in [-0.39, 0.29) is 16.8 Å². The molecule has 1 saturated heterocycles. The van der Waals surface area contributed by atoms with Crippen molar-refractivity contribution in [1.82, 2.24) is 9.62 Å². The number of amides is 1. The predicted molar refractivity (Wildman–Crippen MR) is 110 cm³/mol. The van der Waals surface area contributed by atoms with Gasteiger partial charge in [0.05, 0.1) is 18.1 Å². The van der Waals surface area contributed by atoms with E-state index in [0.717, 1.165) is 12.0 Å². The Morgan fingerprint density at radius 3 is 2.57 bits per heavy atom. The number of carbonyl (C=O) groups is 1. The van der Waals surface area contributed by atoms with Gasteiger partial charge in [-0.15, -0.1) is 11.3 Å². The molecule has 0 radical (unpaired) electrons. The second-order valence-electron chi connectivity index (χ2n) is 6.91. The minimum Gasteiger partial charge on any atom is -0.379 e. The van der Waals surface area contributed by atoms with Crippen molar-refractivity contribution in [3.63, 3.8) is 0 Å². The monoisotopic (exact) mass is 422 g/mol. The highest BCUT2D eigenvalue weighted by atomic mass is 32.2. The molecule has 0 saturated carbocycles. The predicted octanol–water partition coefficient (Wildman–Crippen LogP) is 2.45. The second kappa shape index (κ2) is 9.65. The lowest BCUT2D eigenvalue weighted by atomic mass is 10.1. The Morgan fingerprint density at radius 2 is 1.93 bits per heavy atom. The summed E-state index contributed by atoms with van der Waals surface area (Å²) in [5, 5.41) is 5.05. The molecule has 0 aliphatic carbocycles. The largest absolute Gasteiger partial charge is 0.379 e. The lowest BCUT2D eigenvalue weighted by molar-refractivity contribution is -0.121. The van der Waals surface area contributed by atoms with Crippen molar-refractivity contribution < 1.29 is 17.9 Å². The molecule has 1 unspecified atom stereocenters. The van der Waals surface area contributed by atoms with Gasteiger partial charge in [-0.05, 0) is 42.5 Å². The van der Waals surface area contributed by atoms with Gasteiger partial charge in [0.2, 0.25) is 15.9 Å². The summed E-state index contributed by atoms with van der Waals surface area (Å²) in [6.45, 7) is 3.62. The Morgan fingerprint density at radius 1 is 1.21 bits per heavy atom. The van der Waals surface area contributed by atoms with Crippen LogP contribution in [-0.2, 0) is 32.4 Å². The van der Waals surface area contributed by atoms with Crippen LogP contribution < -0.4 is 5.32 Å². The van der Waals surface area contributed by atoms with Gasteiger partial charge in [-0.1, -0.05) is 18.2 Å². The Hall–Kier alpha value is -1.74. The molecular formula is C20H26N2O4S2. The quantitative estimate of drug-likeness (QED) is 0.709. The number of benzene rings is 1. The minimum atomic E-state index is -3.48. The molecule has 2 heterocycles. The SMILES string of the molecule is CC(Cc1cccs1)NC(=O)CCc1ccc(S(=O)(=O)N2CCOCC2)cc1. The Bertz CT molecular complexity index is 858. The number of morpholine rings is 1. The highest BCUT2D eigenvalue weighted by Gasteiger charge is 2.26. The summed E-state index contributed by atoms with van der Waals surface area (Å²) in [5.41, 5.74) is 0.946. The van der Waals surface area contributed by atoms with E-state index in [9.17, 15) is 13.2 Å². The summed E-state index contributed by atoms with van der Waals surface area (Å²) in [7, 11) is -3.48. The van der Waals surface area contributed by atoms with Crippen LogP contribution in [-0.4, -0.2) is 51.0 Å². The van der Waals surface area contributed by atoms with Gasteiger partial charge in [-0.25, -0.2) is 8.42 Å². The molecule has 1 atom stereocenters. The maximum absolute atomic E-state index is 12.6. The molecule has 2 aromatic rings. The van der Waals surface area contributed by atoms with Crippen molar-refractivity contribution in [2.45, 2.75) is 37.1 Å². The zero-order valence-corrected chi connectivity index (χ0v) is 17.6. The first kappa shape index (κ1) is 21.0. The number of hydrogen-bond donors (Lipinski definition) is 1. The van der Waals surface area contributed by atoms with Gasteiger partial charge in [0.25, 0.3) is 0 Å². The van der Waals surface area contributed by atoms with Gasteiger partial charge < -0.3 is 10.1 Å². The number of thiophene rings is 1. The van der Waals surface area contributed by atoms with Crippen molar-refractivity contribution in [1.29, 1.82) is 0 Å². The van der Waals surface area contributed by atoms with Crippen LogP contribution in [0.5, 0.6) is 0 Å². The van der Waals surface area contributed by atoms with Crippen LogP contribution in [0.25, 0.3) is 0 Å². The third-order valence-electron chi connectivity index (χ3n) is 4.67. The topological polar surface area (TPSA) is 75.7 Å². The van der Waals surface area contributed by atoms with Crippen LogP contribution in [0, 0.1) is 0 Å². The molecule has 1 aliphatic heterocycles. The molecule has 3 rings (SSSR count). The summed E-state index contributed by atoms with van der Waals surface area (Å²) in [6, 6.07) is 11.0. The number of nitrogens with zero attached hydrogens (tertiary/aromatic N) is 1. The van der Waals surface area contributed by atoms with Crippen molar-refractivity contribution in [3.05, 3.63) is 52.2 Å². The van der Waals surface area contributed by atoms with E-state index in [1.54, 1.807) is 35.6 Å². The third-order valence-corrected chi connectivity index (χ3v) is 7.48. The first-order chi connectivity index (χ1) is 13.4. The number of sulfonamides is 1. The van der Waals surface area contributed by atoms with Crippen LogP contribution in [0.15, 0.2) is 46.7 Å². The number of nitrogens with one attached hydrogen (secondary N) is 1. The molecule has 28 heavy (non-hydrogen) atoms. The number of carbonyl (C=O) groups excluding carboxylic acids is 1. The first-order valence-corrected chi connectivity index (χ1v) is 11.8. The maximum Gasteiger partial charge on any atom is 0.243 e. The number of rotatable bonds is 8. The highest BCUT2D eigenvalue weighted by molar-refractivity contribution is 7.89. The lowest BCUT2D eigenvalue weighted by Crippen LogP contribution is -2.40. The summed E-state index contributed by atoms with van der Waals surface area (Å²) >= 11 is 1.69.